The van der Waals surface area contributed by atoms with E-state index in [1.54, 1.807) is 18.3 Å². The Hall–Kier alpha value is -1.16. The van der Waals surface area contributed by atoms with E-state index in [9.17, 15) is 9.59 Å². The molecule has 4 heteroatoms. The molecule has 1 aromatic rings. The second kappa shape index (κ2) is 8.32. The number of amides is 1. The second-order valence-electron chi connectivity index (χ2n) is 5.93. The number of thiophene rings is 1. The summed E-state index contributed by atoms with van der Waals surface area (Å²) in [4.78, 5) is 27.2. The van der Waals surface area contributed by atoms with E-state index >= 15 is 0 Å². The van der Waals surface area contributed by atoms with Gasteiger partial charge in [-0.1, -0.05) is 18.9 Å². The lowest BCUT2D eigenvalue weighted by Gasteiger charge is -2.29. The van der Waals surface area contributed by atoms with Crippen LogP contribution in [-0.2, 0) is 16.0 Å². The van der Waals surface area contributed by atoms with Gasteiger partial charge in [-0.05, 0) is 44.1 Å². The van der Waals surface area contributed by atoms with E-state index in [0.29, 0.717) is 12.8 Å². The van der Waals surface area contributed by atoms with Gasteiger partial charge in [0.1, 0.15) is 5.78 Å². The molecule has 1 aliphatic heterocycles. The van der Waals surface area contributed by atoms with E-state index in [2.05, 4.69) is 17.5 Å². The Morgan fingerprint density at radius 2 is 2.19 bits per heavy atom. The zero-order valence-corrected chi connectivity index (χ0v) is 13.7. The van der Waals surface area contributed by atoms with Crippen molar-refractivity contribution >= 4 is 23.0 Å². The number of nitrogens with zero attached hydrogens (tertiary/aromatic N) is 1. The highest BCUT2D eigenvalue weighted by molar-refractivity contribution is 7.09. The van der Waals surface area contributed by atoms with Crippen LogP contribution in [0, 0.1) is 0 Å². The summed E-state index contributed by atoms with van der Waals surface area (Å²) in [7, 11) is 0. The lowest BCUT2D eigenvalue weighted by molar-refractivity contribution is -0.134. The molecule has 1 amide bonds. The lowest BCUT2D eigenvalue weighted by Crippen LogP contribution is -2.40. The molecular weight excluding hydrogens is 282 g/mol. The number of ketones is 1. The van der Waals surface area contributed by atoms with Gasteiger partial charge in [0.25, 0.3) is 0 Å². The van der Waals surface area contributed by atoms with Crippen molar-refractivity contribution in [2.24, 2.45) is 0 Å². The van der Waals surface area contributed by atoms with Crippen molar-refractivity contribution in [3.63, 3.8) is 0 Å². The molecule has 1 fully saturated rings. The Balaban J connectivity index is 1.85. The van der Waals surface area contributed by atoms with Crippen LogP contribution in [0.3, 0.4) is 0 Å². The molecule has 1 saturated heterocycles. The van der Waals surface area contributed by atoms with Crippen molar-refractivity contribution in [1.82, 2.24) is 4.90 Å². The summed E-state index contributed by atoms with van der Waals surface area (Å²) in [5, 5.41) is 2.08. The first-order valence-corrected chi connectivity index (χ1v) is 8.86. The highest BCUT2D eigenvalue weighted by Crippen LogP contribution is 2.21. The lowest BCUT2D eigenvalue weighted by atomic mass is 10.0. The van der Waals surface area contributed by atoms with Crippen LogP contribution in [0.5, 0.6) is 0 Å². The number of carbonyl (C=O) groups excluding carboxylic acids is 2. The van der Waals surface area contributed by atoms with Crippen LogP contribution in [0.25, 0.3) is 0 Å². The number of carbonyl (C=O) groups is 2. The molecule has 3 nitrogen and oxygen atoms in total. The standard InChI is InChI=1S/C17H25NO2S/c1-14(19)13-15-7-3-2-4-11-18(15)17(20)10-5-8-16-9-6-12-21-16/h6,9,12,15H,2-5,7-8,10-11,13H2,1H3. The molecule has 0 saturated carbocycles. The quantitative estimate of drug-likeness (QED) is 0.801. The van der Waals surface area contributed by atoms with Gasteiger partial charge >= 0.3 is 0 Å². The summed E-state index contributed by atoms with van der Waals surface area (Å²) in [5.41, 5.74) is 0. The van der Waals surface area contributed by atoms with E-state index in [1.807, 2.05) is 4.90 Å². The number of hydrogen-bond acceptors (Lipinski definition) is 3. The molecule has 1 atom stereocenters. The molecule has 0 bridgehead atoms. The molecule has 1 unspecified atom stereocenters. The number of Topliss-reactive ketones (excluding diaryl/α,β-unsaturated/α-hetero) is 1. The highest BCUT2D eigenvalue weighted by atomic mass is 32.1. The first-order valence-electron chi connectivity index (χ1n) is 7.98. The Morgan fingerprint density at radius 1 is 1.33 bits per heavy atom. The summed E-state index contributed by atoms with van der Waals surface area (Å²) < 4.78 is 0. The molecule has 0 radical (unpaired) electrons. The van der Waals surface area contributed by atoms with Crippen LogP contribution < -0.4 is 0 Å². The molecule has 1 aliphatic rings. The zero-order chi connectivity index (χ0) is 15.1. The minimum absolute atomic E-state index is 0.138. The van der Waals surface area contributed by atoms with Gasteiger partial charge in [-0.3, -0.25) is 9.59 Å². The highest BCUT2D eigenvalue weighted by Gasteiger charge is 2.25. The molecule has 0 N–H and O–H groups in total. The van der Waals surface area contributed by atoms with E-state index in [-0.39, 0.29) is 17.7 Å². The summed E-state index contributed by atoms with van der Waals surface area (Å²) in [6, 6.07) is 4.32. The van der Waals surface area contributed by atoms with E-state index in [0.717, 1.165) is 38.6 Å². The third-order valence-electron chi connectivity index (χ3n) is 4.11. The number of hydrogen-bond donors (Lipinski definition) is 0. The van der Waals surface area contributed by atoms with Crippen LogP contribution in [-0.4, -0.2) is 29.2 Å². The molecule has 2 rings (SSSR count). The van der Waals surface area contributed by atoms with Crippen LogP contribution >= 0.6 is 11.3 Å². The molecule has 2 heterocycles. The smallest absolute Gasteiger partial charge is 0.222 e. The topological polar surface area (TPSA) is 37.4 Å². The van der Waals surface area contributed by atoms with Crippen LogP contribution in [0.4, 0.5) is 0 Å². The summed E-state index contributed by atoms with van der Waals surface area (Å²) in [6.07, 6.45) is 7.38. The summed E-state index contributed by atoms with van der Waals surface area (Å²) in [5.74, 6) is 0.429. The van der Waals surface area contributed by atoms with Gasteiger partial charge in [-0.25, -0.2) is 0 Å². The molecule has 0 spiro atoms. The Bertz CT molecular complexity index is 455. The maximum atomic E-state index is 12.5. The number of aryl methyl sites for hydroxylation is 1. The fourth-order valence-corrected chi connectivity index (χ4v) is 3.81. The average molecular weight is 307 g/mol. The minimum Gasteiger partial charge on any atom is -0.339 e. The fraction of sp³-hybridized carbons (Fsp3) is 0.647. The number of likely N-dealkylation sites (tertiary alicyclic amines) is 1. The molecule has 116 valence electrons. The van der Waals surface area contributed by atoms with Gasteiger partial charge in [-0.2, -0.15) is 0 Å². The van der Waals surface area contributed by atoms with Crippen molar-refractivity contribution in [1.29, 1.82) is 0 Å². The van der Waals surface area contributed by atoms with Crippen molar-refractivity contribution in [2.45, 2.75) is 64.3 Å². The van der Waals surface area contributed by atoms with Gasteiger partial charge in [0.2, 0.25) is 5.91 Å². The Kier molecular flexibility index (Phi) is 6.43. The van der Waals surface area contributed by atoms with Crippen molar-refractivity contribution in [3.8, 4) is 0 Å². The second-order valence-corrected chi connectivity index (χ2v) is 6.96. The van der Waals surface area contributed by atoms with Crippen LogP contribution in [0.1, 0.15) is 56.7 Å². The van der Waals surface area contributed by atoms with E-state index < -0.39 is 0 Å². The first kappa shape index (κ1) is 16.2. The van der Waals surface area contributed by atoms with Crippen molar-refractivity contribution in [3.05, 3.63) is 22.4 Å². The molecular formula is C17H25NO2S. The maximum Gasteiger partial charge on any atom is 0.222 e. The van der Waals surface area contributed by atoms with Gasteiger partial charge < -0.3 is 4.90 Å². The van der Waals surface area contributed by atoms with Gasteiger partial charge in [0.15, 0.2) is 0 Å². The average Bonchev–Trinajstić information content (AvgIpc) is 2.84. The third kappa shape index (κ3) is 5.27. The van der Waals surface area contributed by atoms with Crippen molar-refractivity contribution in [2.75, 3.05) is 6.54 Å². The molecule has 1 aromatic heterocycles. The van der Waals surface area contributed by atoms with Crippen LogP contribution in [0.15, 0.2) is 17.5 Å². The zero-order valence-electron chi connectivity index (χ0n) is 12.8. The Labute approximate surface area is 131 Å². The normalized spacial score (nSPS) is 19.3. The molecule has 21 heavy (non-hydrogen) atoms. The summed E-state index contributed by atoms with van der Waals surface area (Å²) in [6.45, 7) is 2.46. The van der Waals surface area contributed by atoms with E-state index in [4.69, 9.17) is 0 Å². The Morgan fingerprint density at radius 3 is 2.90 bits per heavy atom. The first-order chi connectivity index (χ1) is 10.2. The predicted octanol–water partition coefficient (Wildman–Crippen LogP) is 3.82. The third-order valence-corrected chi connectivity index (χ3v) is 5.05. The van der Waals surface area contributed by atoms with E-state index in [1.165, 1.54) is 11.3 Å². The predicted molar refractivity (Wildman–Crippen MR) is 86.5 cm³/mol. The largest absolute Gasteiger partial charge is 0.339 e. The van der Waals surface area contributed by atoms with Gasteiger partial charge in [-0.15, -0.1) is 11.3 Å². The van der Waals surface area contributed by atoms with Crippen molar-refractivity contribution < 1.29 is 9.59 Å². The fourth-order valence-electron chi connectivity index (χ4n) is 3.06. The summed E-state index contributed by atoms with van der Waals surface area (Å²) >= 11 is 1.75. The minimum atomic E-state index is 0.138. The maximum absolute atomic E-state index is 12.5. The molecule has 0 aliphatic carbocycles. The van der Waals surface area contributed by atoms with Gasteiger partial charge in [0, 0.05) is 30.3 Å². The number of rotatable bonds is 6. The SMILES string of the molecule is CC(=O)CC1CCCCCN1C(=O)CCCc1cccs1. The monoisotopic (exact) mass is 307 g/mol. The molecule has 0 aromatic carbocycles. The van der Waals surface area contributed by atoms with Gasteiger partial charge in [0.05, 0.1) is 0 Å². The van der Waals surface area contributed by atoms with Crippen LogP contribution in [0.2, 0.25) is 0 Å².